The lowest BCUT2D eigenvalue weighted by atomic mass is 10.2. The van der Waals surface area contributed by atoms with Crippen molar-refractivity contribution in [1.29, 1.82) is 0 Å². The molecule has 0 unspecified atom stereocenters. The second-order valence-corrected chi connectivity index (χ2v) is 6.54. The zero-order chi connectivity index (χ0) is 14.5. The van der Waals surface area contributed by atoms with E-state index in [4.69, 9.17) is 9.47 Å². The van der Waals surface area contributed by atoms with Gasteiger partial charge in [-0.25, -0.2) is 0 Å². The molecule has 0 aromatic heterocycles. The first-order valence-electron chi connectivity index (χ1n) is 7.84. The summed E-state index contributed by atoms with van der Waals surface area (Å²) in [5.74, 6) is 1.68. The Kier molecular flexibility index (Phi) is 5.38. The number of hydrogen-bond donors (Lipinski definition) is 1. The second kappa shape index (κ2) is 7.47. The molecule has 2 aliphatic rings. The minimum Gasteiger partial charge on any atom is -0.486 e. The van der Waals surface area contributed by atoms with Crippen molar-refractivity contribution < 1.29 is 9.47 Å². The van der Waals surface area contributed by atoms with Gasteiger partial charge in [-0.2, -0.15) is 0 Å². The number of rotatable bonds is 6. The average Bonchev–Trinajstić information content (AvgIpc) is 3.00. The molecule has 21 heavy (non-hydrogen) atoms. The van der Waals surface area contributed by atoms with E-state index in [1.165, 1.54) is 44.5 Å². The molecule has 2 aliphatic heterocycles. The summed E-state index contributed by atoms with van der Waals surface area (Å²) in [6.45, 7) is 6.98. The smallest absolute Gasteiger partial charge is 0.175 e. The van der Waals surface area contributed by atoms with Crippen LogP contribution in [0.5, 0.6) is 11.5 Å². The summed E-state index contributed by atoms with van der Waals surface area (Å²) >= 11 is 3.56. The Morgan fingerprint density at radius 2 is 1.95 bits per heavy atom. The number of nitrogens with zero attached hydrogens (tertiary/aromatic N) is 1. The molecule has 0 bridgehead atoms. The molecule has 116 valence electrons. The van der Waals surface area contributed by atoms with Crippen LogP contribution in [0.3, 0.4) is 0 Å². The van der Waals surface area contributed by atoms with Crippen molar-refractivity contribution in [2.75, 3.05) is 39.4 Å². The summed E-state index contributed by atoms with van der Waals surface area (Å²) in [5, 5.41) is 3.52. The highest BCUT2D eigenvalue weighted by molar-refractivity contribution is 9.10. The van der Waals surface area contributed by atoms with Crippen molar-refractivity contribution in [3.63, 3.8) is 0 Å². The summed E-state index contributed by atoms with van der Waals surface area (Å²) in [6.07, 6.45) is 3.96. The SMILES string of the molecule is Brc1cc(CNCCCN2CCCC2)cc2c1OCCO2. The Morgan fingerprint density at radius 1 is 1.14 bits per heavy atom. The lowest BCUT2D eigenvalue weighted by molar-refractivity contribution is 0.170. The maximum Gasteiger partial charge on any atom is 0.175 e. The fraction of sp³-hybridized carbons (Fsp3) is 0.625. The zero-order valence-corrected chi connectivity index (χ0v) is 14.0. The standard InChI is InChI=1S/C16H23BrN2O2/c17-14-10-13(11-15-16(14)21-9-8-20-15)12-18-4-3-7-19-5-1-2-6-19/h10-11,18H,1-9,12H2. The number of halogens is 1. The molecule has 1 aromatic rings. The maximum atomic E-state index is 5.65. The summed E-state index contributed by atoms with van der Waals surface area (Å²) in [5.41, 5.74) is 1.23. The van der Waals surface area contributed by atoms with E-state index in [0.717, 1.165) is 29.1 Å². The van der Waals surface area contributed by atoms with Crippen LogP contribution in [0, 0.1) is 0 Å². The highest BCUT2D eigenvalue weighted by Crippen LogP contribution is 2.38. The van der Waals surface area contributed by atoms with Gasteiger partial charge in [0.1, 0.15) is 13.2 Å². The van der Waals surface area contributed by atoms with Gasteiger partial charge >= 0.3 is 0 Å². The van der Waals surface area contributed by atoms with Crippen molar-refractivity contribution in [3.8, 4) is 11.5 Å². The van der Waals surface area contributed by atoms with Crippen LogP contribution in [-0.4, -0.2) is 44.3 Å². The summed E-state index contributed by atoms with van der Waals surface area (Å²) in [7, 11) is 0. The molecule has 2 heterocycles. The second-order valence-electron chi connectivity index (χ2n) is 5.68. The van der Waals surface area contributed by atoms with Gasteiger partial charge < -0.3 is 19.7 Å². The highest BCUT2D eigenvalue weighted by Gasteiger charge is 2.16. The van der Waals surface area contributed by atoms with E-state index in [0.29, 0.717) is 13.2 Å². The van der Waals surface area contributed by atoms with Gasteiger partial charge in [0.25, 0.3) is 0 Å². The minimum absolute atomic E-state index is 0.625. The van der Waals surface area contributed by atoms with Crippen molar-refractivity contribution in [2.24, 2.45) is 0 Å². The van der Waals surface area contributed by atoms with Gasteiger partial charge in [-0.1, -0.05) is 0 Å². The Morgan fingerprint density at radius 3 is 2.81 bits per heavy atom. The summed E-state index contributed by atoms with van der Waals surface area (Å²) in [4.78, 5) is 2.56. The molecule has 0 saturated carbocycles. The summed E-state index contributed by atoms with van der Waals surface area (Å²) < 4.78 is 12.2. The van der Waals surface area contributed by atoms with Crippen LogP contribution in [-0.2, 0) is 6.54 Å². The van der Waals surface area contributed by atoms with Gasteiger partial charge in [-0.3, -0.25) is 0 Å². The first-order valence-corrected chi connectivity index (χ1v) is 8.63. The molecule has 1 N–H and O–H groups in total. The van der Waals surface area contributed by atoms with Gasteiger partial charge in [-0.05, 0) is 79.1 Å². The molecule has 0 radical (unpaired) electrons. The third-order valence-electron chi connectivity index (χ3n) is 4.01. The van der Waals surface area contributed by atoms with Crippen molar-refractivity contribution in [3.05, 3.63) is 22.2 Å². The highest BCUT2D eigenvalue weighted by atomic mass is 79.9. The number of likely N-dealkylation sites (tertiary alicyclic amines) is 1. The molecule has 5 heteroatoms. The molecule has 1 aromatic carbocycles. The molecule has 3 rings (SSSR count). The molecule has 0 spiro atoms. The number of ether oxygens (including phenoxy) is 2. The molecule has 1 fully saturated rings. The number of nitrogens with one attached hydrogen (secondary N) is 1. The molecular formula is C16H23BrN2O2. The number of hydrogen-bond acceptors (Lipinski definition) is 4. The average molecular weight is 355 g/mol. The Bertz CT molecular complexity index is 476. The third kappa shape index (κ3) is 4.11. The van der Waals surface area contributed by atoms with E-state index >= 15 is 0 Å². The van der Waals surface area contributed by atoms with Gasteiger partial charge in [-0.15, -0.1) is 0 Å². The molecule has 0 amide bonds. The van der Waals surface area contributed by atoms with Crippen LogP contribution >= 0.6 is 15.9 Å². The van der Waals surface area contributed by atoms with Crippen molar-refractivity contribution in [2.45, 2.75) is 25.8 Å². The maximum absolute atomic E-state index is 5.65. The molecule has 0 atom stereocenters. The van der Waals surface area contributed by atoms with Gasteiger partial charge in [0, 0.05) is 6.54 Å². The van der Waals surface area contributed by atoms with Gasteiger partial charge in [0.15, 0.2) is 11.5 Å². The normalized spacial score (nSPS) is 18.1. The third-order valence-corrected chi connectivity index (χ3v) is 4.60. The molecule has 1 saturated heterocycles. The lowest BCUT2D eigenvalue weighted by Gasteiger charge is -2.20. The molecular weight excluding hydrogens is 332 g/mol. The molecule has 4 nitrogen and oxygen atoms in total. The minimum atomic E-state index is 0.625. The topological polar surface area (TPSA) is 33.7 Å². The van der Waals surface area contributed by atoms with Crippen molar-refractivity contribution >= 4 is 15.9 Å². The van der Waals surface area contributed by atoms with E-state index in [9.17, 15) is 0 Å². The zero-order valence-electron chi connectivity index (χ0n) is 12.4. The van der Waals surface area contributed by atoms with Gasteiger partial charge in [0.05, 0.1) is 4.47 Å². The summed E-state index contributed by atoms with van der Waals surface area (Å²) in [6, 6.07) is 4.19. The van der Waals surface area contributed by atoms with Crippen molar-refractivity contribution in [1.82, 2.24) is 10.2 Å². The van der Waals surface area contributed by atoms with Crippen LogP contribution in [0.4, 0.5) is 0 Å². The van der Waals surface area contributed by atoms with Crippen LogP contribution in [0.1, 0.15) is 24.8 Å². The first kappa shape index (κ1) is 15.1. The van der Waals surface area contributed by atoms with E-state index in [2.05, 4.69) is 38.3 Å². The molecule has 0 aliphatic carbocycles. The fourth-order valence-corrected chi connectivity index (χ4v) is 3.54. The van der Waals surface area contributed by atoms with Crippen LogP contribution < -0.4 is 14.8 Å². The largest absolute Gasteiger partial charge is 0.486 e. The number of fused-ring (bicyclic) bond motifs is 1. The predicted octanol–water partition coefficient (Wildman–Crippen LogP) is 2.80. The van der Waals surface area contributed by atoms with E-state index < -0.39 is 0 Å². The van der Waals surface area contributed by atoms with Gasteiger partial charge in [0.2, 0.25) is 0 Å². The monoisotopic (exact) mass is 354 g/mol. The van der Waals surface area contributed by atoms with E-state index in [-0.39, 0.29) is 0 Å². The van der Waals surface area contributed by atoms with E-state index in [1.807, 2.05) is 0 Å². The number of benzene rings is 1. The quantitative estimate of drug-likeness (QED) is 0.796. The van der Waals surface area contributed by atoms with Crippen LogP contribution in [0.15, 0.2) is 16.6 Å². The predicted molar refractivity (Wildman–Crippen MR) is 87.1 cm³/mol. The van der Waals surface area contributed by atoms with Crippen LogP contribution in [0.2, 0.25) is 0 Å². The first-order chi connectivity index (χ1) is 10.3. The Labute approximate surface area is 134 Å². The van der Waals surface area contributed by atoms with Crippen LogP contribution in [0.25, 0.3) is 0 Å². The Balaban J connectivity index is 1.43. The fourth-order valence-electron chi connectivity index (χ4n) is 2.93. The Hall–Kier alpha value is -0.780. The lowest BCUT2D eigenvalue weighted by Crippen LogP contribution is -2.24. The van der Waals surface area contributed by atoms with E-state index in [1.54, 1.807) is 0 Å².